The number of carbonyl (C=O) groups excluding carboxylic acids is 2. The zero-order chi connectivity index (χ0) is 14.3. The standard InChI is InChI=1S/C10H19N3O4S/c1-6(9(15)16)13(2)8(14)7(4-5-18-3)12-10(11)17/h6-7H,4-5H2,1-3H3,(H,15,16)(H3,11,12,17). The lowest BCUT2D eigenvalue weighted by Crippen LogP contribution is -2.52. The number of aliphatic carboxylic acids is 1. The Morgan fingerprint density at radius 1 is 1.44 bits per heavy atom. The van der Waals surface area contributed by atoms with Gasteiger partial charge in [-0.2, -0.15) is 11.8 Å². The van der Waals surface area contributed by atoms with Crippen LogP contribution in [0, 0.1) is 0 Å². The van der Waals surface area contributed by atoms with Crippen LogP contribution in [0.25, 0.3) is 0 Å². The number of carboxylic acids is 1. The number of nitrogens with zero attached hydrogens (tertiary/aromatic N) is 1. The van der Waals surface area contributed by atoms with Crippen LogP contribution >= 0.6 is 11.8 Å². The SMILES string of the molecule is CSCCC(NC(N)=O)C(=O)N(C)C(C)C(=O)O. The molecule has 7 nitrogen and oxygen atoms in total. The third-order valence-electron chi connectivity index (χ3n) is 2.51. The van der Waals surface area contributed by atoms with Crippen LogP contribution in [0.15, 0.2) is 0 Å². The Hall–Kier alpha value is -1.44. The number of carboxylic acid groups (broad SMARTS) is 1. The Labute approximate surface area is 110 Å². The van der Waals surface area contributed by atoms with Gasteiger partial charge in [-0.3, -0.25) is 4.79 Å². The number of primary amides is 1. The number of urea groups is 1. The lowest BCUT2D eigenvalue weighted by molar-refractivity contribution is -0.148. The second-order valence-corrected chi connectivity index (χ2v) is 4.79. The molecular formula is C10H19N3O4S. The van der Waals surface area contributed by atoms with E-state index in [1.807, 2.05) is 6.26 Å². The van der Waals surface area contributed by atoms with Gasteiger partial charge in [0.25, 0.3) is 0 Å². The lowest BCUT2D eigenvalue weighted by Gasteiger charge is -2.26. The van der Waals surface area contributed by atoms with Gasteiger partial charge in [0.2, 0.25) is 5.91 Å². The van der Waals surface area contributed by atoms with E-state index in [1.54, 1.807) is 0 Å². The normalized spacial score (nSPS) is 13.5. The maximum absolute atomic E-state index is 12.0. The van der Waals surface area contributed by atoms with Gasteiger partial charge in [0, 0.05) is 7.05 Å². The molecule has 0 rings (SSSR count). The summed E-state index contributed by atoms with van der Waals surface area (Å²) in [6.45, 7) is 1.40. The van der Waals surface area contributed by atoms with Gasteiger partial charge in [-0.15, -0.1) is 0 Å². The molecule has 0 heterocycles. The fourth-order valence-electron chi connectivity index (χ4n) is 1.27. The van der Waals surface area contributed by atoms with Crippen LogP contribution in [0.1, 0.15) is 13.3 Å². The first-order valence-corrected chi connectivity index (χ1v) is 6.75. The summed E-state index contributed by atoms with van der Waals surface area (Å²) in [5, 5.41) is 11.2. The monoisotopic (exact) mass is 277 g/mol. The average Bonchev–Trinajstić information content (AvgIpc) is 2.30. The van der Waals surface area contributed by atoms with Gasteiger partial charge in [0.15, 0.2) is 0 Å². The second-order valence-electron chi connectivity index (χ2n) is 3.81. The van der Waals surface area contributed by atoms with E-state index in [2.05, 4.69) is 5.32 Å². The Morgan fingerprint density at radius 2 is 2.00 bits per heavy atom. The summed E-state index contributed by atoms with van der Waals surface area (Å²) in [7, 11) is 1.38. The third kappa shape index (κ3) is 5.26. The smallest absolute Gasteiger partial charge is 0.326 e. The van der Waals surface area contributed by atoms with Crippen molar-refractivity contribution in [3.8, 4) is 0 Å². The van der Waals surface area contributed by atoms with Crippen LogP contribution in [0.2, 0.25) is 0 Å². The van der Waals surface area contributed by atoms with Gasteiger partial charge < -0.3 is 21.1 Å². The zero-order valence-corrected chi connectivity index (χ0v) is 11.5. The highest BCUT2D eigenvalue weighted by Crippen LogP contribution is 2.06. The molecule has 2 unspecified atom stereocenters. The minimum absolute atomic E-state index is 0.402. The highest BCUT2D eigenvalue weighted by atomic mass is 32.2. The number of nitrogens with two attached hydrogens (primary N) is 1. The minimum atomic E-state index is -1.10. The Morgan fingerprint density at radius 3 is 2.39 bits per heavy atom. The molecule has 18 heavy (non-hydrogen) atoms. The van der Waals surface area contributed by atoms with Gasteiger partial charge >= 0.3 is 12.0 Å². The van der Waals surface area contributed by atoms with Crippen molar-refractivity contribution in [3.63, 3.8) is 0 Å². The molecule has 2 atom stereocenters. The number of carbonyl (C=O) groups is 3. The number of thioether (sulfide) groups is 1. The van der Waals surface area contributed by atoms with Crippen molar-refractivity contribution in [3.05, 3.63) is 0 Å². The predicted molar refractivity (Wildman–Crippen MR) is 69.4 cm³/mol. The van der Waals surface area contributed by atoms with E-state index < -0.39 is 30.0 Å². The van der Waals surface area contributed by atoms with Crippen LogP contribution in [-0.4, -0.2) is 59.1 Å². The summed E-state index contributed by atoms with van der Waals surface area (Å²) < 4.78 is 0. The first kappa shape index (κ1) is 16.6. The summed E-state index contributed by atoms with van der Waals surface area (Å²) >= 11 is 1.52. The van der Waals surface area contributed by atoms with E-state index >= 15 is 0 Å². The topological polar surface area (TPSA) is 113 Å². The molecule has 0 aromatic rings. The number of likely N-dealkylation sites (N-methyl/N-ethyl adjacent to an activating group) is 1. The van der Waals surface area contributed by atoms with E-state index in [4.69, 9.17) is 10.8 Å². The summed E-state index contributed by atoms with van der Waals surface area (Å²) in [5.41, 5.74) is 5.00. The fourth-order valence-corrected chi connectivity index (χ4v) is 1.74. The van der Waals surface area contributed by atoms with Crippen molar-refractivity contribution in [1.29, 1.82) is 0 Å². The molecule has 104 valence electrons. The quantitative estimate of drug-likeness (QED) is 0.592. The van der Waals surface area contributed by atoms with Crippen LogP contribution in [0.4, 0.5) is 4.79 Å². The number of hydrogen-bond acceptors (Lipinski definition) is 4. The maximum atomic E-state index is 12.0. The van der Waals surface area contributed by atoms with E-state index in [-0.39, 0.29) is 0 Å². The first-order chi connectivity index (χ1) is 8.31. The molecule has 3 amide bonds. The molecule has 0 spiro atoms. The van der Waals surface area contributed by atoms with Crippen LogP contribution in [0.5, 0.6) is 0 Å². The molecule has 0 radical (unpaired) electrons. The van der Waals surface area contributed by atoms with Gasteiger partial charge in [-0.05, 0) is 25.4 Å². The molecule has 0 aliphatic heterocycles. The molecule has 0 fully saturated rings. The van der Waals surface area contributed by atoms with Gasteiger partial charge in [0.05, 0.1) is 0 Å². The second kappa shape index (κ2) is 7.80. The summed E-state index contributed by atoms with van der Waals surface area (Å²) in [5.74, 6) is -0.905. The maximum Gasteiger partial charge on any atom is 0.326 e. The molecular weight excluding hydrogens is 258 g/mol. The van der Waals surface area contributed by atoms with Crippen molar-refractivity contribution < 1.29 is 19.5 Å². The molecule has 0 aliphatic carbocycles. The summed E-state index contributed by atoms with van der Waals surface area (Å²) in [6.07, 6.45) is 2.27. The molecule has 8 heteroatoms. The highest BCUT2D eigenvalue weighted by molar-refractivity contribution is 7.98. The summed E-state index contributed by atoms with van der Waals surface area (Å²) in [4.78, 5) is 34.7. The van der Waals surface area contributed by atoms with Crippen molar-refractivity contribution >= 4 is 29.7 Å². The van der Waals surface area contributed by atoms with Gasteiger partial charge in [-0.25, -0.2) is 9.59 Å². The van der Waals surface area contributed by atoms with E-state index in [0.29, 0.717) is 12.2 Å². The first-order valence-electron chi connectivity index (χ1n) is 5.35. The van der Waals surface area contributed by atoms with Crippen molar-refractivity contribution in [2.75, 3.05) is 19.1 Å². The predicted octanol–water partition coefficient (Wildman–Crippen LogP) is -0.292. The third-order valence-corrected chi connectivity index (χ3v) is 3.16. The van der Waals surface area contributed by atoms with Gasteiger partial charge in [-0.1, -0.05) is 0 Å². The number of amides is 3. The van der Waals surface area contributed by atoms with Crippen molar-refractivity contribution in [2.45, 2.75) is 25.4 Å². The minimum Gasteiger partial charge on any atom is -0.480 e. The van der Waals surface area contributed by atoms with Crippen LogP contribution < -0.4 is 11.1 Å². The average molecular weight is 277 g/mol. The zero-order valence-electron chi connectivity index (χ0n) is 10.7. The Balaban J connectivity index is 4.71. The van der Waals surface area contributed by atoms with Crippen molar-refractivity contribution in [1.82, 2.24) is 10.2 Å². The Bertz CT molecular complexity index is 324. The molecule has 4 N–H and O–H groups in total. The van der Waals surface area contributed by atoms with E-state index in [1.165, 1.54) is 25.7 Å². The molecule has 0 aliphatic rings. The van der Waals surface area contributed by atoms with Crippen molar-refractivity contribution in [2.24, 2.45) is 5.73 Å². The largest absolute Gasteiger partial charge is 0.480 e. The summed E-state index contributed by atoms with van der Waals surface area (Å²) in [6, 6.07) is -2.54. The molecule has 0 saturated carbocycles. The van der Waals surface area contributed by atoms with Crippen LogP contribution in [0.3, 0.4) is 0 Å². The number of rotatable bonds is 7. The fraction of sp³-hybridized carbons (Fsp3) is 0.700. The van der Waals surface area contributed by atoms with E-state index in [9.17, 15) is 14.4 Å². The van der Waals surface area contributed by atoms with Crippen LogP contribution in [-0.2, 0) is 9.59 Å². The molecule has 0 bridgehead atoms. The van der Waals surface area contributed by atoms with E-state index in [0.717, 1.165) is 4.90 Å². The number of hydrogen-bond donors (Lipinski definition) is 3. The Kier molecular flexibility index (Phi) is 7.18. The molecule has 0 aromatic heterocycles. The molecule has 0 saturated heterocycles. The lowest BCUT2D eigenvalue weighted by atomic mass is 10.1. The highest BCUT2D eigenvalue weighted by Gasteiger charge is 2.28. The number of nitrogens with one attached hydrogen (secondary N) is 1. The van der Waals surface area contributed by atoms with Gasteiger partial charge in [0.1, 0.15) is 12.1 Å². The molecule has 0 aromatic carbocycles.